The average Bonchev–Trinajstić information content (AvgIpc) is 3.15. The Labute approximate surface area is 209 Å². The third-order valence-corrected chi connectivity index (χ3v) is 11.6. The zero-order chi connectivity index (χ0) is 24.7. The van der Waals surface area contributed by atoms with E-state index in [0.717, 1.165) is 48.3 Å². The molecule has 0 saturated heterocycles. The normalized spacial score (nSPS) is 42.4. The van der Waals surface area contributed by atoms with Gasteiger partial charge in [0.05, 0.1) is 12.2 Å². The molecule has 0 aromatic rings. The van der Waals surface area contributed by atoms with Crippen LogP contribution >= 0.6 is 0 Å². The van der Waals surface area contributed by atoms with Crippen LogP contribution in [0.15, 0.2) is 12.2 Å². The Morgan fingerprint density at radius 2 is 1.68 bits per heavy atom. The van der Waals surface area contributed by atoms with Crippen LogP contribution in [0.3, 0.4) is 0 Å². The lowest BCUT2D eigenvalue weighted by molar-refractivity contribution is -0.159. The zero-order valence-corrected chi connectivity index (χ0v) is 22.8. The van der Waals surface area contributed by atoms with Crippen molar-refractivity contribution in [1.29, 1.82) is 0 Å². The van der Waals surface area contributed by atoms with Gasteiger partial charge in [0, 0.05) is 0 Å². The number of aliphatic hydroxyl groups excluding tert-OH is 1. The topological polar surface area (TPSA) is 46.5 Å². The lowest BCUT2D eigenvalue weighted by Crippen LogP contribution is -2.54. The summed E-state index contributed by atoms with van der Waals surface area (Å²) >= 11 is 0. The van der Waals surface area contributed by atoms with Crippen molar-refractivity contribution in [1.82, 2.24) is 0 Å². The predicted molar refractivity (Wildman–Crippen MR) is 139 cm³/mol. The van der Waals surface area contributed by atoms with E-state index in [1.807, 2.05) is 0 Å². The van der Waals surface area contributed by atoms with Gasteiger partial charge < -0.3 is 9.84 Å². The zero-order valence-electron chi connectivity index (χ0n) is 22.8. The fourth-order valence-corrected chi connectivity index (χ4v) is 9.65. The Morgan fingerprint density at radius 3 is 2.38 bits per heavy atom. The summed E-state index contributed by atoms with van der Waals surface area (Å²) in [5, 5.41) is 9.20. The van der Waals surface area contributed by atoms with Crippen molar-refractivity contribution in [2.45, 2.75) is 118 Å². The third-order valence-electron chi connectivity index (χ3n) is 11.6. The Morgan fingerprint density at radius 1 is 0.971 bits per heavy atom. The molecule has 9 atom stereocenters. The molecule has 0 aromatic carbocycles. The van der Waals surface area contributed by atoms with Gasteiger partial charge in [0.1, 0.15) is 6.10 Å². The SMILES string of the molecule is C=C(CO)C(=O)O[C@H]1CC[C@@]2(C)[C@H](CC[C@@H]3[C@@H]2CC[C@]2(C)C([C@H](C)CCCC(C)C)CC[C@@H]32)C1. The summed E-state index contributed by atoms with van der Waals surface area (Å²) in [6, 6.07) is 0. The van der Waals surface area contributed by atoms with Gasteiger partial charge in [0.2, 0.25) is 0 Å². The Bertz CT molecular complexity index is 743. The van der Waals surface area contributed by atoms with Crippen LogP contribution < -0.4 is 0 Å². The Kier molecular flexibility index (Phi) is 7.92. The van der Waals surface area contributed by atoms with Gasteiger partial charge in [0.15, 0.2) is 0 Å². The number of carbonyl (C=O) groups excluding carboxylic acids is 1. The molecule has 3 heteroatoms. The highest BCUT2D eigenvalue weighted by Crippen LogP contribution is 2.68. The van der Waals surface area contributed by atoms with E-state index in [9.17, 15) is 9.90 Å². The fraction of sp³-hybridized carbons (Fsp3) is 0.903. The number of fused-ring (bicyclic) bond motifs is 5. The quantitative estimate of drug-likeness (QED) is 0.293. The van der Waals surface area contributed by atoms with Crippen molar-refractivity contribution in [3.63, 3.8) is 0 Å². The van der Waals surface area contributed by atoms with Crippen LogP contribution in [-0.4, -0.2) is 23.8 Å². The van der Waals surface area contributed by atoms with E-state index >= 15 is 0 Å². The molecule has 1 unspecified atom stereocenters. The molecule has 4 saturated carbocycles. The second kappa shape index (κ2) is 10.3. The summed E-state index contributed by atoms with van der Waals surface area (Å²) in [4.78, 5) is 12.2. The minimum atomic E-state index is -0.405. The molecular weight excluding hydrogens is 420 g/mol. The summed E-state index contributed by atoms with van der Waals surface area (Å²) in [5.74, 6) is 5.56. The molecular formula is C31H52O3. The van der Waals surface area contributed by atoms with E-state index in [-0.39, 0.29) is 18.3 Å². The maximum atomic E-state index is 12.2. The first kappa shape index (κ1) is 26.2. The summed E-state index contributed by atoms with van der Waals surface area (Å²) < 4.78 is 5.75. The van der Waals surface area contributed by atoms with Crippen molar-refractivity contribution in [3.8, 4) is 0 Å². The van der Waals surface area contributed by atoms with E-state index in [1.165, 1.54) is 64.2 Å². The van der Waals surface area contributed by atoms with Crippen molar-refractivity contribution in [2.24, 2.45) is 52.3 Å². The standard InChI is InChI=1S/C31H52O3/c1-20(2)8-7-9-21(3)26-12-13-27-25-11-10-23-18-24(34-29(33)22(4)19-32)14-16-30(23,5)28(25)15-17-31(26,27)6/h20-21,23-28,32H,4,7-19H2,1-3,5-6H3/t21-,23-,24+,25+,26?,27+,28+,30+,31-/m1/s1. The molecule has 194 valence electrons. The highest BCUT2D eigenvalue weighted by molar-refractivity contribution is 5.88. The number of hydrogen-bond donors (Lipinski definition) is 1. The van der Waals surface area contributed by atoms with E-state index in [2.05, 4.69) is 41.2 Å². The second-order valence-electron chi connectivity index (χ2n) is 13.8. The lowest BCUT2D eigenvalue weighted by atomic mass is 9.44. The highest BCUT2D eigenvalue weighted by Gasteiger charge is 2.60. The molecule has 0 aromatic heterocycles. The van der Waals surface area contributed by atoms with Crippen LogP contribution in [0.2, 0.25) is 0 Å². The van der Waals surface area contributed by atoms with Crippen LogP contribution in [0, 0.1) is 52.3 Å². The molecule has 4 aliphatic carbocycles. The van der Waals surface area contributed by atoms with Gasteiger partial charge in [-0.15, -0.1) is 0 Å². The largest absolute Gasteiger partial charge is 0.459 e. The van der Waals surface area contributed by atoms with Gasteiger partial charge in [-0.05, 0) is 110 Å². The summed E-state index contributed by atoms with van der Waals surface area (Å²) in [6.45, 7) is 15.9. The van der Waals surface area contributed by atoms with Crippen LogP contribution in [0.1, 0.15) is 112 Å². The van der Waals surface area contributed by atoms with Crippen molar-refractivity contribution < 1.29 is 14.6 Å². The van der Waals surface area contributed by atoms with Crippen LogP contribution in [0.25, 0.3) is 0 Å². The Hall–Kier alpha value is -0.830. The molecule has 4 rings (SSSR count). The molecule has 0 heterocycles. The molecule has 0 amide bonds. The third kappa shape index (κ3) is 4.76. The molecule has 0 radical (unpaired) electrons. The number of aliphatic hydroxyl groups is 1. The van der Waals surface area contributed by atoms with Crippen LogP contribution in [0.4, 0.5) is 0 Å². The molecule has 1 N–H and O–H groups in total. The predicted octanol–water partition coefficient (Wildman–Crippen LogP) is 7.57. The molecule has 4 aliphatic rings. The van der Waals surface area contributed by atoms with Crippen molar-refractivity contribution in [3.05, 3.63) is 12.2 Å². The maximum Gasteiger partial charge on any atom is 0.336 e. The van der Waals surface area contributed by atoms with E-state index in [0.29, 0.717) is 16.7 Å². The van der Waals surface area contributed by atoms with Gasteiger partial charge in [-0.2, -0.15) is 0 Å². The number of ether oxygens (including phenoxy) is 1. The van der Waals surface area contributed by atoms with E-state index in [1.54, 1.807) is 0 Å². The van der Waals surface area contributed by atoms with Crippen molar-refractivity contribution in [2.75, 3.05) is 6.61 Å². The monoisotopic (exact) mass is 472 g/mol. The molecule has 4 fully saturated rings. The molecule has 0 spiro atoms. The molecule has 0 bridgehead atoms. The van der Waals surface area contributed by atoms with Gasteiger partial charge in [0.25, 0.3) is 0 Å². The van der Waals surface area contributed by atoms with E-state index in [4.69, 9.17) is 4.74 Å². The summed E-state index contributed by atoms with van der Waals surface area (Å²) in [6.07, 6.45) is 15.8. The molecule has 0 aliphatic heterocycles. The van der Waals surface area contributed by atoms with Crippen LogP contribution in [-0.2, 0) is 9.53 Å². The average molecular weight is 473 g/mol. The number of esters is 1. The van der Waals surface area contributed by atoms with Gasteiger partial charge in [-0.1, -0.05) is 60.5 Å². The van der Waals surface area contributed by atoms with Gasteiger partial charge in [-0.25, -0.2) is 4.79 Å². The van der Waals surface area contributed by atoms with Crippen LogP contribution in [0.5, 0.6) is 0 Å². The smallest absolute Gasteiger partial charge is 0.336 e. The fourth-order valence-electron chi connectivity index (χ4n) is 9.65. The first-order chi connectivity index (χ1) is 16.1. The van der Waals surface area contributed by atoms with Gasteiger partial charge in [-0.3, -0.25) is 0 Å². The maximum absolute atomic E-state index is 12.2. The second-order valence-corrected chi connectivity index (χ2v) is 13.8. The number of carbonyl (C=O) groups is 1. The summed E-state index contributed by atoms with van der Waals surface area (Å²) in [7, 11) is 0. The number of hydrogen-bond acceptors (Lipinski definition) is 3. The first-order valence-electron chi connectivity index (χ1n) is 14.6. The molecule has 3 nitrogen and oxygen atoms in total. The first-order valence-corrected chi connectivity index (χ1v) is 14.6. The summed E-state index contributed by atoms with van der Waals surface area (Å²) in [5.41, 5.74) is 1.14. The van der Waals surface area contributed by atoms with E-state index < -0.39 is 5.97 Å². The number of rotatable bonds is 8. The minimum Gasteiger partial charge on any atom is -0.459 e. The van der Waals surface area contributed by atoms with Gasteiger partial charge >= 0.3 is 5.97 Å². The highest BCUT2D eigenvalue weighted by atomic mass is 16.5. The minimum absolute atomic E-state index is 0.00170. The Balaban J connectivity index is 1.40. The molecule has 34 heavy (non-hydrogen) atoms. The van der Waals surface area contributed by atoms with Crippen molar-refractivity contribution >= 4 is 5.97 Å². The lowest BCUT2D eigenvalue weighted by Gasteiger charge is -2.61.